The van der Waals surface area contributed by atoms with E-state index >= 15 is 0 Å². The van der Waals surface area contributed by atoms with Crippen LogP contribution < -0.4 is 10.1 Å². The first-order valence-corrected chi connectivity index (χ1v) is 10.6. The molecule has 0 spiro atoms. The maximum Gasteiger partial charge on any atom is 0.270 e. The Kier molecular flexibility index (Phi) is 7.03. The summed E-state index contributed by atoms with van der Waals surface area (Å²) in [6.45, 7) is 3.28. The fourth-order valence-corrected chi connectivity index (χ4v) is 4.22. The van der Waals surface area contributed by atoms with Crippen LogP contribution in [0.4, 0.5) is 0 Å². The van der Waals surface area contributed by atoms with Crippen molar-refractivity contribution in [2.75, 3.05) is 13.7 Å². The van der Waals surface area contributed by atoms with Crippen molar-refractivity contribution < 1.29 is 14.3 Å². The summed E-state index contributed by atoms with van der Waals surface area (Å²) in [5.74, 6) is 0.770. The van der Waals surface area contributed by atoms with Crippen LogP contribution in [0.1, 0.15) is 53.7 Å². The number of aromatic nitrogens is 1. The quantitative estimate of drug-likeness (QED) is 0.772. The summed E-state index contributed by atoms with van der Waals surface area (Å²) in [6, 6.07) is 7.76. The third-order valence-electron chi connectivity index (χ3n) is 4.90. The van der Waals surface area contributed by atoms with Crippen molar-refractivity contribution in [2.45, 2.75) is 51.6 Å². The van der Waals surface area contributed by atoms with E-state index in [1.807, 2.05) is 34.5 Å². The van der Waals surface area contributed by atoms with Gasteiger partial charge in [0.2, 0.25) is 5.91 Å². The number of carbonyl (C=O) groups excluding carboxylic acids is 2. The van der Waals surface area contributed by atoms with Gasteiger partial charge < -0.3 is 15.0 Å². The number of thiazole rings is 1. The number of methoxy groups -OCH3 is 1. The van der Waals surface area contributed by atoms with E-state index in [9.17, 15) is 9.59 Å². The van der Waals surface area contributed by atoms with Crippen molar-refractivity contribution in [1.82, 2.24) is 15.2 Å². The van der Waals surface area contributed by atoms with E-state index in [0.717, 1.165) is 35.6 Å². The van der Waals surface area contributed by atoms with Gasteiger partial charge in [-0.25, -0.2) is 4.98 Å². The van der Waals surface area contributed by atoms with Crippen LogP contribution in [-0.4, -0.2) is 41.4 Å². The maximum absolute atomic E-state index is 12.5. The molecule has 150 valence electrons. The zero-order valence-corrected chi connectivity index (χ0v) is 17.3. The highest BCUT2D eigenvalue weighted by Gasteiger charge is 2.24. The molecule has 0 saturated carbocycles. The Morgan fingerprint density at radius 1 is 1.39 bits per heavy atom. The molecule has 2 amide bonds. The lowest BCUT2D eigenvalue weighted by atomic mass is 10.1. The van der Waals surface area contributed by atoms with Crippen molar-refractivity contribution in [2.24, 2.45) is 0 Å². The largest absolute Gasteiger partial charge is 0.497 e. The van der Waals surface area contributed by atoms with Crippen LogP contribution in [0.2, 0.25) is 0 Å². The van der Waals surface area contributed by atoms with Crippen LogP contribution in [0, 0.1) is 0 Å². The predicted molar refractivity (Wildman–Crippen MR) is 110 cm³/mol. The number of aryl methyl sites for hydroxylation is 1. The number of rotatable bonds is 7. The number of carbonyl (C=O) groups is 2. The van der Waals surface area contributed by atoms with Gasteiger partial charge in [0.15, 0.2) is 0 Å². The number of nitrogens with one attached hydrogen (secondary N) is 1. The van der Waals surface area contributed by atoms with Gasteiger partial charge in [-0.2, -0.15) is 0 Å². The number of hydrogen-bond acceptors (Lipinski definition) is 5. The van der Waals surface area contributed by atoms with Gasteiger partial charge in [-0.15, -0.1) is 11.3 Å². The molecule has 0 radical (unpaired) electrons. The first kappa shape index (κ1) is 20.3. The summed E-state index contributed by atoms with van der Waals surface area (Å²) in [5, 5.41) is 5.87. The molecule has 7 heteroatoms. The molecule has 1 N–H and O–H groups in total. The average Bonchev–Trinajstić information content (AvgIpc) is 3.11. The van der Waals surface area contributed by atoms with E-state index in [1.54, 1.807) is 7.11 Å². The van der Waals surface area contributed by atoms with Crippen LogP contribution in [0.25, 0.3) is 0 Å². The molecule has 2 heterocycles. The lowest BCUT2D eigenvalue weighted by molar-refractivity contribution is -0.131. The van der Waals surface area contributed by atoms with Gasteiger partial charge in [0.25, 0.3) is 5.91 Å². The summed E-state index contributed by atoms with van der Waals surface area (Å²) in [4.78, 5) is 31.3. The molecular weight excluding hydrogens is 374 g/mol. The summed E-state index contributed by atoms with van der Waals surface area (Å²) in [5.41, 5.74) is 1.53. The van der Waals surface area contributed by atoms with Crippen molar-refractivity contribution in [3.63, 3.8) is 0 Å². The first-order chi connectivity index (χ1) is 13.6. The summed E-state index contributed by atoms with van der Waals surface area (Å²) >= 11 is 1.53. The summed E-state index contributed by atoms with van der Waals surface area (Å²) in [7, 11) is 1.64. The fourth-order valence-electron chi connectivity index (χ4n) is 3.34. The maximum atomic E-state index is 12.5. The smallest absolute Gasteiger partial charge is 0.270 e. The molecule has 1 aliphatic heterocycles. The van der Waals surface area contributed by atoms with Crippen LogP contribution in [0.3, 0.4) is 0 Å². The molecule has 0 bridgehead atoms. The molecule has 28 heavy (non-hydrogen) atoms. The molecule has 1 aromatic carbocycles. The van der Waals surface area contributed by atoms with Gasteiger partial charge in [0, 0.05) is 30.9 Å². The Bertz CT molecular complexity index is 821. The van der Waals surface area contributed by atoms with Crippen molar-refractivity contribution in [1.29, 1.82) is 0 Å². The Morgan fingerprint density at radius 3 is 3.04 bits per heavy atom. The fraction of sp³-hybridized carbons (Fsp3) is 0.476. The number of likely N-dealkylation sites (tertiary alicyclic amines) is 1. The topological polar surface area (TPSA) is 71.5 Å². The molecule has 1 fully saturated rings. The molecule has 1 unspecified atom stereocenters. The van der Waals surface area contributed by atoms with Crippen molar-refractivity contribution >= 4 is 23.2 Å². The Hall–Kier alpha value is -2.41. The number of nitrogens with zero attached hydrogens (tertiary/aromatic N) is 2. The van der Waals surface area contributed by atoms with Gasteiger partial charge in [-0.1, -0.05) is 19.1 Å². The zero-order chi connectivity index (χ0) is 19.9. The SMILES string of the molecule is CCCc1nc(C(=O)NC2CCC(=O)N(Cc3cccc(OC)c3)CC2)cs1. The highest BCUT2D eigenvalue weighted by atomic mass is 32.1. The van der Waals surface area contributed by atoms with Crippen LogP contribution >= 0.6 is 11.3 Å². The van der Waals surface area contributed by atoms with Gasteiger partial charge >= 0.3 is 0 Å². The van der Waals surface area contributed by atoms with E-state index in [-0.39, 0.29) is 17.9 Å². The van der Waals surface area contributed by atoms with Gasteiger partial charge in [0.05, 0.1) is 12.1 Å². The molecule has 1 aliphatic rings. The normalized spacial score (nSPS) is 17.3. The van der Waals surface area contributed by atoms with Crippen molar-refractivity contribution in [3.8, 4) is 5.75 Å². The Balaban J connectivity index is 1.56. The van der Waals surface area contributed by atoms with Crippen LogP contribution in [-0.2, 0) is 17.8 Å². The first-order valence-electron chi connectivity index (χ1n) is 9.75. The average molecular weight is 402 g/mol. The lowest BCUT2D eigenvalue weighted by Gasteiger charge is -2.21. The van der Waals surface area contributed by atoms with E-state index in [4.69, 9.17) is 4.74 Å². The minimum absolute atomic E-state index is 0.0110. The van der Waals surface area contributed by atoms with Gasteiger partial charge in [0.1, 0.15) is 11.4 Å². The minimum Gasteiger partial charge on any atom is -0.497 e. The van der Waals surface area contributed by atoms with Crippen LogP contribution in [0.15, 0.2) is 29.6 Å². The monoisotopic (exact) mass is 401 g/mol. The highest BCUT2D eigenvalue weighted by Crippen LogP contribution is 2.19. The van der Waals surface area contributed by atoms with E-state index in [0.29, 0.717) is 31.6 Å². The molecular formula is C21H27N3O3S. The molecule has 1 aromatic heterocycles. The van der Waals surface area contributed by atoms with Gasteiger partial charge in [-0.05, 0) is 43.4 Å². The second-order valence-corrected chi connectivity index (χ2v) is 7.98. The summed E-state index contributed by atoms with van der Waals surface area (Å²) in [6.07, 6.45) is 3.75. The standard InChI is InChI=1S/C21H27N3O3S/c1-3-5-19-23-18(14-28-19)21(26)22-16-8-9-20(25)24(11-10-16)13-15-6-4-7-17(12-15)27-2/h4,6-7,12,14,16H,3,5,8-11,13H2,1-2H3,(H,22,26). The second kappa shape index (κ2) is 9.68. The summed E-state index contributed by atoms with van der Waals surface area (Å²) < 4.78 is 5.26. The molecule has 1 saturated heterocycles. The predicted octanol–water partition coefficient (Wildman–Crippen LogP) is 3.42. The second-order valence-electron chi connectivity index (χ2n) is 7.04. The molecule has 3 rings (SSSR count). The Labute approximate surface area is 169 Å². The molecule has 0 aliphatic carbocycles. The molecule has 1 atom stereocenters. The zero-order valence-electron chi connectivity index (χ0n) is 16.4. The number of hydrogen-bond donors (Lipinski definition) is 1. The third kappa shape index (κ3) is 5.32. The van der Waals surface area contributed by atoms with Crippen molar-refractivity contribution in [3.05, 3.63) is 45.9 Å². The number of ether oxygens (including phenoxy) is 1. The van der Waals surface area contributed by atoms with Gasteiger partial charge in [-0.3, -0.25) is 9.59 Å². The molecule has 6 nitrogen and oxygen atoms in total. The van der Waals surface area contributed by atoms with E-state index in [2.05, 4.69) is 17.2 Å². The third-order valence-corrected chi connectivity index (χ3v) is 5.81. The number of benzene rings is 1. The van der Waals surface area contributed by atoms with E-state index < -0.39 is 0 Å². The Morgan fingerprint density at radius 2 is 2.25 bits per heavy atom. The van der Waals surface area contributed by atoms with E-state index in [1.165, 1.54) is 11.3 Å². The highest BCUT2D eigenvalue weighted by molar-refractivity contribution is 7.09. The van der Waals surface area contributed by atoms with Crippen LogP contribution in [0.5, 0.6) is 5.75 Å². The number of amides is 2. The molecule has 2 aromatic rings. The minimum atomic E-state index is -0.141. The lowest BCUT2D eigenvalue weighted by Crippen LogP contribution is -2.36.